The second kappa shape index (κ2) is 40.6. The molecule has 96 heavy (non-hydrogen) atoms. The topological polar surface area (TPSA) is 471 Å². The molecule has 0 aliphatic heterocycles. The van der Waals surface area contributed by atoms with Crippen molar-refractivity contribution in [3.8, 4) is 11.5 Å². The van der Waals surface area contributed by atoms with Gasteiger partial charge >= 0.3 is 0 Å². The maximum Gasteiger partial charge on any atom is 0.243 e. The molecule has 13 amide bonds. The number of aromatic hydroxyl groups is 2. The largest absolute Gasteiger partial charge is 0.508 e. The molecule has 30 heteroatoms. The minimum atomic E-state index is -1.39. The van der Waals surface area contributed by atoms with Crippen molar-refractivity contribution in [1.82, 2.24) is 69.1 Å². The van der Waals surface area contributed by atoms with E-state index in [1.165, 1.54) is 50.2 Å². The number of nitrogens with one attached hydrogen (secondary N) is 13. The normalized spacial score (nSPS) is 13.4. The molecule has 0 heterocycles. The zero-order valence-corrected chi connectivity index (χ0v) is 54.7. The van der Waals surface area contributed by atoms with E-state index in [2.05, 4.69) is 69.1 Å². The van der Waals surface area contributed by atoms with Crippen LogP contribution >= 0.6 is 0 Å². The van der Waals surface area contributed by atoms with Gasteiger partial charge in [-0.15, -0.1) is 0 Å². The number of hydrogen-bond acceptors (Lipinski definition) is 17. The molecule has 4 aromatic rings. The number of nitrogens with two attached hydrogens (primary N) is 2. The third kappa shape index (κ3) is 29.6. The summed E-state index contributed by atoms with van der Waals surface area (Å²) in [5.41, 5.74) is 13.9. The number of carbonyl (C=O) groups is 13. The highest BCUT2D eigenvalue weighted by Gasteiger charge is 2.32. The Morgan fingerprint density at radius 1 is 0.333 bits per heavy atom. The number of benzene rings is 4. The maximum absolute atomic E-state index is 14.0. The van der Waals surface area contributed by atoms with Crippen LogP contribution in [0.15, 0.2) is 109 Å². The predicted octanol–water partition coefficient (Wildman–Crippen LogP) is -3.12. The molecule has 4 rings (SSSR count). The molecular formula is C66H91N15O15. The van der Waals surface area contributed by atoms with Gasteiger partial charge < -0.3 is 90.8 Å². The number of hydrogen-bond donors (Lipinski definition) is 17. The van der Waals surface area contributed by atoms with Crippen LogP contribution in [0.2, 0.25) is 0 Å². The highest BCUT2D eigenvalue weighted by Crippen LogP contribution is 2.15. The first-order chi connectivity index (χ1) is 45.6. The van der Waals surface area contributed by atoms with Crippen LogP contribution in [0, 0.1) is 11.8 Å². The summed E-state index contributed by atoms with van der Waals surface area (Å²) in [6, 6.07) is 19.4. The van der Waals surface area contributed by atoms with Crippen LogP contribution in [0.4, 0.5) is 0 Å². The third-order valence-corrected chi connectivity index (χ3v) is 14.4. The Balaban J connectivity index is 1.33. The molecule has 0 unspecified atom stereocenters. The van der Waals surface area contributed by atoms with Crippen LogP contribution < -0.4 is 80.6 Å². The number of phenolic OH excluding ortho intramolecular Hbond substituents is 2. The zero-order chi connectivity index (χ0) is 70.9. The first kappa shape index (κ1) is 78.0. The molecule has 30 nitrogen and oxygen atoms in total. The van der Waals surface area contributed by atoms with Crippen LogP contribution in [0.3, 0.4) is 0 Å². The van der Waals surface area contributed by atoms with Crippen molar-refractivity contribution in [2.24, 2.45) is 23.3 Å². The van der Waals surface area contributed by atoms with Gasteiger partial charge in [-0.25, -0.2) is 0 Å². The minimum Gasteiger partial charge on any atom is -0.508 e. The van der Waals surface area contributed by atoms with Gasteiger partial charge in [-0.1, -0.05) is 113 Å². The molecule has 520 valence electrons. The van der Waals surface area contributed by atoms with Crippen molar-refractivity contribution >= 4 is 76.8 Å². The first-order valence-corrected chi connectivity index (χ1v) is 31.4. The van der Waals surface area contributed by atoms with Crippen molar-refractivity contribution in [3.63, 3.8) is 0 Å². The van der Waals surface area contributed by atoms with Gasteiger partial charge in [-0.2, -0.15) is 0 Å². The summed E-state index contributed by atoms with van der Waals surface area (Å²) < 4.78 is 0. The molecule has 0 radical (unpaired) electrons. The fraction of sp³-hybridized carbons (Fsp3) is 0.439. The van der Waals surface area contributed by atoms with Gasteiger partial charge in [0, 0.05) is 32.4 Å². The first-order valence-electron chi connectivity index (χ1n) is 31.4. The quantitative estimate of drug-likeness (QED) is 0.0210. The molecule has 0 aromatic heterocycles. The SMILES string of the molecule is CC(C)C[C@@H](NC(=O)[C@H](Cc1ccccc1)NC(=O)CNC(=O)[C@@H](C)NC(=O)[C@H](Cc1ccc(O)cc1)NC(=O)CNC(=O)CNC(=O)[C@@H](CC(C)C)NC(=O)[C@H](Cc1ccccc1)NC(=O)CNC(=O)[C@@H](C)NC(=O)[C@@H](N)Cc1ccc(O)cc1)C(=O)NCC(=O)NCCN. The number of rotatable bonds is 39. The fourth-order valence-electron chi connectivity index (χ4n) is 9.36. The van der Waals surface area contributed by atoms with Crippen molar-refractivity contribution < 1.29 is 72.5 Å². The highest BCUT2D eigenvalue weighted by molar-refractivity contribution is 5.98. The Kier molecular flexibility index (Phi) is 33.0. The fourth-order valence-corrected chi connectivity index (χ4v) is 9.36. The van der Waals surface area contributed by atoms with E-state index in [-0.39, 0.29) is 81.5 Å². The molecule has 0 fully saturated rings. The molecule has 8 atom stereocenters. The van der Waals surface area contributed by atoms with Gasteiger partial charge in [0.15, 0.2) is 0 Å². The molecule has 0 bridgehead atoms. The van der Waals surface area contributed by atoms with Crippen LogP contribution in [0.25, 0.3) is 0 Å². The summed E-state index contributed by atoms with van der Waals surface area (Å²) in [5, 5.41) is 52.2. The lowest BCUT2D eigenvalue weighted by Crippen LogP contribution is -2.57. The summed E-state index contributed by atoms with van der Waals surface area (Å²) in [6.45, 7) is 7.30. The smallest absolute Gasteiger partial charge is 0.243 e. The third-order valence-electron chi connectivity index (χ3n) is 14.4. The Hall–Kier alpha value is -10.5. The van der Waals surface area contributed by atoms with E-state index in [4.69, 9.17) is 11.5 Å². The van der Waals surface area contributed by atoms with Gasteiger partial charge in [0.1, 0.15) is 53.8 Å². The minimum absolute atomic E-state index is 0.0175. The van der Waals surface area contributed by atoms with E-state index in [1.54, 1.807) is 86.6 Å². The average Bonchev–Trinajstić information content (AvgIpc) is 1.12. The van der Waals surface area contributed by atoms with Crippen LogP contribution in [0.1, 0.15) is 76.6 Å². The van der Waals surface area contributed by atoms with Gasteiger partial charge in [0.2, 0.25) is 76.8 Å². The summed E-state index contributed by atoms with van der Waals surface area (Å²) in [5.74, 6) is -10.1. The van der Waals surface area contributed by atoms with E-state index >= 15 is 0 Å². The summed E-state index contributed by atoms with van der Waals surface area (Å²) in [7, 11) is 0. The summed E-state index contributed by atoms with van der Waals surface area (Å²) >= 11 is 0. The van der Waals surface area contributed by atoms with E-state index in [9.17, 15) is 72.5 Å². The summed E-state index contributed by atoms with van der Waals surface area (Å²) in [4.78, 5) is 173. The maximum atomic E-state index is 14.0. The molecule has 0 aliphatic rings. The van der Waals surface area contributed by atoms with Crippen molar-refractivity contribution in [2.75, 3.05) is 45.8 Å². The summed E-state index contributed by atoms with van der Waals surface area (Å²) in [6.07, 6.45) is 0.142. The van der Waals surface area contributed by atoms with Gasteiger partial charge in [0.05, 0.1) is 38.8 Å². The molecule has 0 saturated heterocycles. The molecule has 0 saturated carbocycles. The Bertz CT molecular complexity index is 3270. The van der Waals surface area contributed by atoms with Crippen molar-refractivity contribution in [3.05, 3.63) is 131 Å². The molecule has 0 aliphatic carbocycles. The van der Waals surface area contributed by atoms with Crippen molar-refractivity contribution in [1.29, 1.82) is 0 Å². The molecule has 19 N–H and O–H groups in total. The lowest BCUT2D eigenvalue weighted by atomic mass is 10.0. The second-order valence-corrected chi connectivity index (χ2v) is 23.7. The number of carbonyl (C=O) groups excluding carboxylic acids is 13. The van der Waals surface area contributed by atoms with E-state index in [0.717, 1.165) is 0 Å². The van der Waals surface area contributed by atoms with E-state index in [1.807, 2.05) is 13.8 Å². The van der Waals surface area contributed by atoms with E-state index < -0.39 is 151 Å². The number of amides is 13. The average molecular weight is 1330 g/mol. The molecular weight excluding hydrogens is 1240 g/mol. The zero-order valence-electron chi connectivity index (χ0n) is 54.7. The predicted molar refractivity (Wildman–Crippen MR) is 353 cm³/mol. The molecule has 0 spiro atoms. The van der Waals surface area contributed by atoms with Crippen molar-refractivity contribution in [2.45, 2.75) is 128 Å². The Morgan fingerprint density at radius 2 is 0.646 bits per heavy atom. The Morgan fingerprint density at radius 3 is 1.02 bits per heavy atom. The molecule has 4 aromatic carbocycles. The Labute approximate surface area is 556 Å². The van der Waals surface area contributed by atoms with Crippen LogP contribution in [-0.4, -0.2) is 181 Å². The van der Waals surface area contributed by atoms with Crippen LogP contribution in [-0.2, 0) is 88.0 Å². The monoisotopic (exact) mass is 1330 g/mol. The van der Waals surface area contributed by atoms with Crippen LogP contribution in [0.5, 0.6) is 11.5 Å². The number of phenols is 2. The lowest BCUT2D eigenvalue weighted by molar-refractivity contribution is -0.134. The second-order valence-electron chi connectivity index (χ2n) is 23.7. The van der Waals surface area contributed by atoms with Gasteiger partial charge in [0.25, 0.3) is 0 Å². The standard InChI is InChI=1S/C66H91N15O15/c1-38(2)27-49(62(92)73-33-54(84)69-26-25-67)80-65(95)52(30-42-13-9-7-10-14-42)79-58(88)37-72-60(90)41(6)76-64(94)51(32-45-19-23-47(83)24-20-45)77-56(86)35-70-55(85)34-74-63(93)50(28-39(3)4)81-66(96)53(31-43-15-11-8-12-16-43)78-57(87)36-71-59(89)40(5)75-61(91)48(68)29-44-17-21-46(82)22-18-44/h7-24,38-41,48-53,82-83H,25-37,67-68H2,1-6H3,(H,69,84)(H,70,85)(H,71,89)(H,72,90)(H,73,92)(H,74,93)(H,75,91)(H,76,94)(H,77,86)(H,78,87)(H,79,88)(H,80,95)(H,81,96)/t40-,41-,48+,49-,50-,51+,52+,53+/m1/s1. The van der Waals surface area contributed by atoms with Gasteiger partial charge in [-0.3, -0.25) is 62.3 Å². The van der Waals surface area contributed by atoms with E-state index in [0.29, 0.717) is 22.3 Å². The van der Waals surface area contributed by atoms with Gasteiger partial charge in [-0.05, 0) is 91.5 Å². The highest BCUT2D eigenvalue weighted by atomic mass is 16.3. The lowest BCUT2D eigenvalue weighted by Gasteiger charge is -2.25.